The highest BCUT2D eigenvalue weighted by Crippen LogP contribution is 2.44. The maximum atomic E-state index is 13.6. The number of hydrogen-bond donors (Lipinski definition) is 0. The third-order valence-electron chi connectivity index (χ3n) is 4.27. The Labute approximate surface area is 150 Å². The topological polar surface area (TPSA) is 38.1 Å². The van der Waals surface area contributed by atoms with E-state index >= 15 is 0 Å². The van der Waals surface area contributed by atoms with Gasteiger partial charge < -0.3 is 4.90 Å². The summed E-state index contributed by atoms with van der Waals surface area (Å²) in [6, 6.07) is 3.78. The minimum Gasteiger partial charge on any atom is -0.338 e. The highest BCUT2D eigenvalue weighted by molar-refractivity contribution is 7.17. The van der Waals surface area contributed by atoms with Gasteiger partial charge >= 0.3 is 12.1 Å². The van der Waals surface area contributed by atoms with Gasteiger partial charge in [0.2, 0.25) is 0 Å². The van der Waals surface area contributed by atoms with Crippen molar-refractivity contribution in [1.29, 1.82) is 0 Å². The number of likely N-dealkylation sites (tertiary alicyclic amines) is 1. The number of aryl methyl sites for hydroxylation is 1. The van der Waals surface area contributed by atoms with Crippen LogP contribution < -0.4 is 0 Å². The minimum atomic E-state index is -5.71. The normalized spacial score (nSPS) is 16.2. The lowest BCUT2D eigenvalue weighted by atomic mass is 10.1. The number of rotatable bonds is 3. The van der Waals surface area contributed by atoms with Gasteiger partial charge in [0.25, 0.3) is 5.91 Å². The van der Waals surface area contributed by atoms with Crippen LogP contribution in [0.25, 0.3) is 10.6 Å². The van der Waals surface area contributed by atoms with Crippen LogP contribution in [0.2, 0.25) is 0 Å². The first kappa shape index (κ1) is 18.8. The zero-order valence-electron chi connectivity index (χ0n) is 13.8. The highest BCUT2D eigenvalue weighted by atomic mass is 32.1. The summed E-state index contributed by atoms with van der Waals surface area (Å²) in [5.41, 5.74) is -1.26. The zero-order valence-corrected chi connectivity index (χ0v) is 14.6. The van der Waals surface area contributed by atoms with Crippen LogP contribution in [0.3, 0.4) is 0 Å². The molecule has 2 aromatic rings. The number of halogens is 5. The number of thiophene rings is 1. The van der Waals surface area contributed by atoms with E-state index in [9.17, 15) is 26.7 Å². The Morgan fingerprint density at radius 1 is 1.12 bits per heavy atom. The largest absolute Gasteiger partial charge is 0.459 e. The molecule has 1 aliphatic heterocycles. The van der Waals surface area contributed by atoms with E-state index in [-0.39, 0.29) is 11.6 Å². The van der Waals surface area contributed by atoms with Gasteiger partial charge in [0.1, 0.15) is 11.4 Å². The van der Waals surface area contributed by atoms with Gasteiger partial charge in [-0.2, -0.15) is 27.1 Å². The lowest BCUT2D eigenvalue weighted by Gasteiger charge is -2.26. The van der Waals surface area contributed by atoms with E-state index < -0.39 is 17.8 Å². The molecule has 26 heavy (non-hydrogen) atoms. The molecule has 0 aliphatic carbocycles. The zero-order chi connectivity index (χ0) is 19.1. The van der Waals surface area contributed by atoms with Crippen molar-refractivity contribution in [3.63, 3.8) is 0 Å². The van der Waals surface area contributed by atoms with Crippen LogP contribution >= 0.6 is 11.3 Å². The average Bonchev–Trinajstić information content (AvgIpc) is 3.20. The molecule has 0 radical (unpaired) electrons. The van der Waals surface area contributed by atoms with Crippen LogP contribution in [-0.4, -0.2) is 39.9 Å². The van der Waals surface area contributed by atoms with E-state index in [1.807, 2.05) is 0 Å². The molecule has 0 saturated carbocycles. The molecule has 4 nitrogen and oxygen atoms in total. The molecule has 2 aromatic heterocycles. The molecule has 1 fully saturated rings. The lowest BCUT2D eigenvalue weighted by Crippen LogP contribution is -2.35. The van der Waals surface area contributed by atoms with Crippen molar-refractivity contribution in [1.82, 2.24) is 14.7 Å². The molecule has 0 aromatic carbocycles. The Bertz CT molecular complexity index is 805. The van der Waals surface area contributed by atoms with Crippen LogP contribution in [0, 0.1) is 0 Å². The number of carbonyl (C=O) groups is 1. The summed E-state index contributed by atoms with van der Waals surface area (Å²) in [5, 5.41) is 3.77. The van der Waals surface area contributed by atoms with E-state index in [4.69, 9.17) is 0 Å². The van der Waals surface area contributed by atoms with E-state index in [2.05, 4.69) is 5.10 Å². The summed E-state index contributed by atoms with van der Waals surface area (Å²) in [4.78, 5) is 15.0. The van der Waals surface area contributed by atoms with Gasteiger partial charge in [0, 0.05) is 20.1 Å². The van der Waals surface area contributed by atoms with Crippen LogP contribution in [0.4, 0.5) is 22.0 Å². The number of alkyl halides is 5. The number of nitrogens with zero attached hydrogens (tertiary/aromatic N) is 3. The molecule has 0 bridgehead atoms. The molecule has 1 amide bonds. The van der Waals surface area contributed by atoms with Crippen molar-refractivity contribution >= 4 is 17.2 Å². The summed E-state index contributed by atoms with van der Waals surface area (Å²) in [7, 11) is 1.03. The SMILES string of the molecule is Cn1nc(-c2ccc(C(=O)N3CCCCC3)s2)cc1C(F)(F)C(F)(F)F. The van der Waals surface area contributed by atoms with E-state index in [0.717, 1.165) is 37.6 Å². The first-order chi connectivity index (χ1) is 12.1. The summed E-state index contributed by atoms with van der Waals surface area (Å²) >= 11 is 1.03. The number of hydrogen-bond acceptors (Lipinski definition) is 3. The molecule has 0 N–H and O–H groups in total. The maximum absolute atomic E-state index is 13.6. The van der Waals surface area contributed by atoms with E-state index in [1.54, 1.807) is 11.0 Å². The van der Waals surface area contributed by atoms with Crippen LogP contribution in [0.5, 0.6) is 0 Å². The van der Waals surface area contributed by atoms with Crippen molar-refractivity contribution in [2.45, 2.75) is 31.4 Å². The molecule has 0 spiro atoms. The Morgan fingerprint density at radius 2 is 1.77 bits per heavy atom. The molecule has 0 unspecified atom stereocenters. The summed E-state index contributed by atoms with van der Waals surface area (Å²) in [5.74, 6) is -5.16. The smallest absolute Gasteiger partial charge is 0.338 e. The molecular formula is C16H16F5N3OS. The molecule has 3 rings (SSSR count). The Hall–Kier alpha value is -1.97. The Kier molecular flexibility index (Phi) is 4.80. The second-order valence-electron chi connectivity index (χ2n) is 6.13. The Morgan fingerprint density at radius 3 is 2.38 bits per heavy atom. The fourth-order valence-corrected chi connectivity index (χ4v) is 3.80. The molecule has 10 heteroatoms. The summed E-state index contributed by atoms with van der Waals surface area (Å²) in [6.45, 7) is 1.33. The van der Waals surface area contributed by atoms with Crippen molar-refractivity contribution in [2.24, 2.45) is 7.05 Å². The average molecular weight is 393 g/mol. The first-order valence-electron chi connectivity index (χ1n) is 8.00. The number of aromatic nitrogens is 2. The predicted molar refractivity (Wildman–Crippen MR) is 86.2 cm³/mol. The minimum absolute atomic E-state index is 0.0193. The summed E-state index contributed by atoms with van der Waals surface area (Å²) < 4.78 is 65.5. The van der Waals surface area contributed by atoms with Crippen molar-refractivity contribution in [2.75, 3.05) is 13.1 Å². The van der Waals surface area contributed by atoms with E-state index in [0.29, 0.717) is 33.6 Å². The monoisotopic (exact) mass is 393 g/mol. The second kappa shape index (κ2) is 6.64. The van der Waals surface area contributed by atoms with Gasteiger partial charge in [0.15, 0.2) is 0 Å². The van der Waals surface area contributed by atoms with Crippen molar-refractivity contribution < 1.29 is 26.7 Å². The van der Waals surface area contributed by atoms with Gasteiger partial charge in [-0.3, -0.25) is 9.48 Å². The third-order valence-corrected chi connectivity index (χ3v) is 5.37. The van der Waals surface area contributed by atoms with Crippen molar-refractivity contribution in [3.8, 4) is 10.6 Å². The van der Waals surface area contributed by atoms with E-state index in [1.165, 1.54) is 6.07 Å². The molecule has 142 valence electrons. The molecule has 1 saturated heterocycles. The fraction of sp³-hybridized carbons (Fsp3) is 0.500. The Balaban J connectivity index is 1.86. The maximum Gasteiger partial charge on any atom is 0.459 e. The highest BCUT2D eigenvalue weighted by Gasteiger charge is 2.60. The van der Waals surface area contributed by atoms with Crippen LogP contribution in [-0.2, 0) is 13.0 Å². The molecule has 1 aliphatic rings. The third kappa shape index (κ3) is 3.34. The van der Waals surface area contributed by atoms with Crippen LogP contribution in [0.15, 0.2) is 18.2 Å². The van der Waals surface area contributed by atoms with Gasteiger partial charge in [0.05, 0.1) is 9.75 Å². The standard InChI is InChI=1S/C16H16F5N3OS/c1-23-13(15(17,18)16(19,20)21)9-10(22-23)11-5-6-12(26-11)14(25)24-7-3-2-4-8-24/h5-6,9H,2-4,7-8H2,1H3. The summed E-state index contributed by atoms with van der Waals surface area (Å²) in [6.07, 6.45) is -2.77. The fourth-order valence-electron chi connectivity index (χ4n) is 2.87. The lowest BCUT2D eigenvalue weighted by molar-refractivity contribution is -0.291. The van der Waals surface area contributed by atoms with Crippen LogP contribution in [0.1, 0.15) is 34.6 Å². The van der Waals surface area contributed by atoms with Crippen molar-refractivity contribution in [3.05, 3.63) is 28.8 Å². The van der Waals surface area contributed by atoms with Gasteiger partial charge in [-0.15, -0.1) is 11.3 Å². The van der Waals surface area contributed by atoms with Gasteiger partial charge in [-0.05, 0) is 37.5 Å². The second-order valence-corrected chi connectivity index (χ2v) is 7.21. The number of carbonyl (C=O) groups excluding carboxylic acids is 1. The predicted octanol–water partition coefficient (Wildman–Crippen LogP) is 4.43. The quantitative estimate of drug-likeness (QED) is 0.724. The molecule has 3 heterocycles. The van der Waals surface area contributed by atoms with Gasteiger partial charge in [-0.25, -0.2) is 0 Å². The first-order valence-corrected chi connectivity index (χ1v) is 8.81. The number of piperidine rings is 1. The molecular weight excluding hydrogens is 377 g/mol. The van der Waals surface area contributed by atoms with Gasteiger partial charge in [-0.1, -0.05) is 0 Å². The molecule has 0 atom stereocenters. The number of amides is 1.